The number of aliphatic imine (C=N–C) groups is 2. The van der Waals surface area contributed by atoms with Crippen LogP contribution < -0.4 is 4.74 Å². The van der Waals surface area contributed by atoms with Crippen LogP contribution in [0.25, 0.3) is 0 Å². The van der Waals surface area contributed by atoms with Crippen molar-refractivity contribution in [1.82, 2.24) is 4.98 Å². The van der Waals surface area contributed by atoms with Gasteiger partial charge < -0.3 is 9.47 Å². The minimum Gasteiger partial charge on any atom is -0.493 e. The molecule has 7 heteroatoms. The summed E-state index contributed by atoms with van der Waals surface area (Å²) in [5, 5.41) is 0.429. The van der Waals surface area contributed by atoms with Gasteiger partial charge in [-0.3, -0.25) is 14.2 Å². The Hall–Kier alpha value is -2.12. The van der Waals surface area contributed by atoms with E-state index in [0.717, 1.165) is 42.0 Å². The first-order valence-corrected chi connectivity index (χ1v) is 10.9. The van der Waals surface area contributed by atoms with Crippen molar-refractivity contribution in [2.45, 2.75) is 31.9 Å². The van der Waals surface area contributed by atoms with Gasteiger partial charge in [-0.1, -0.05) is 24.3 Å². The Morgan fingerprint density at radius 2 is 2.18 bits per heavy atom. The number of amidine groups is 1. The van der Waals surface area contributed by atoms with Crippen molar-refractivity contribution in [1.29, 1.82) is 0 Å². The van der Waals surface area contributed by atoms with Crippen LogP contribution in [0.4, 0.5) is 0 Å². The third-order valence-electron chi connectivity index (χ3n) is 4.70. The SMILES string of the molecule is COCCCOc1ccnc(CS(=O)C2=NCC(CC3C=CC=CC3)=N2)c1C. The Morgan fingerprint density at radius 1 is 1.29 bits per heavy atom. The van der Waals surface area contributed by atoms with Crippen molar-refractivity contribution < 1.29 is 13.7 Å². The normalized spacial score (nSPS) is 19.4. The van der Waals surface area contributed by atoms with Gasteiger partial charge in [0.2, 0.25) is 5.17 Å². The van der Waals surface area contributed by atoms with E-state index in [2.05, 4.69) is 39.3 Å². The van der Waals surface area contributed by atoms with E-state index >= 15 is 0 Å². The lowest BCUT2D eigenvalue weighted by Crippen LogP contribution is -2.10. The third-order valence-corrected chi connectivity index (χ3v) is 5.86. The van der Waals surface area contributed by atoms with Gasteiger partial charge in [-0.25, -0.2) is 4.99 Å². The molecule has 3 rings (SSSR count). The molecule has 1 aliphatic heterocycles. The van der Waals surface area contributed by atoms with Gasteiger partial charge >= 0.3 is 0 Å². The van der Waals surface area contributed by atoms with E-state index in [4.69, 9.17) is 9.47 Å². The molecule has 0 fully saturated rings. The highest BCUT2D eigenvalue weighted by molar-refractivity contribution is 7.99. The molecule has 1 aromatic heterocycles. The number of methoxy groups -OCH3 is 1. The van der Waals surface area contributed by atoms with Crippen molar-refractivity contribution in [2.24, 2.45) is 15.9 Å². The van der Waals surface area contributed by atoms with Crippen LogP contribution in [0, 0.1) is 12.8 Å². The predicted octanol–water partition coefficient (Wildman–Crippen LogP) is 3.39. The molecule has 2 unspecified atom stereocenters. The summed E-state index contributed by atoms with van der Waals surface area (Å²) >= 11 is 0. The molecule has 2 aliphatic rings. The number of allylic oxidation sites excluding steroid dienone is 4. The highest BCUT2D eigenvalue weighted by atomic mass is 32.2. The number of rotatable bonds is 9. The molecular weight excluding hydrogens is 374 g/mol. The molecule has 0 saturated carbocycles. The van der Waals surface area contributed by atoms with Crippen LogP contribution in [0.2, 0.25) is 0 Å². The van der Waals surface area contributed by atoms with E-state index in [0.29, 0.717) is 36.6 Å². The number of aromatic nitrogens is 1. The third kappa shape index (κ3) is 5.69. The van der Waals surface area contributed by atoms with E-state index in [1.807, 2.05) is 13.0 Å². The zero-order valence-corrected chi connectivity index (χ0v) is 17.3. The number of nitrogens with zero attached hydrogens (tertiary/aromatic N) is 3. The minimum absolute atomic E-state index is 0.294. The fourth-order valence-corrected chi connectivity index (χ4v) is 4.23. The molecule has 0 saturated heterocycles. The molecule has 1 aromatic rings. The van der Waals surface area contributed by atoms with Crippen molar-refractivity contribution >= 4 is 21.7 Å². The van der Waals surface area contributed by atoms with Gasteiger partial charge in [-0.2, -0.15) is 0 Å². The Kier molecular flexibility index (Phi) is 7.68. The second kappa shape index (κ2) is 10.4. The van der Waals surface area contributed by atoms with E-state index < -0.39 is 10.8 Å². The van der Waals surface area contributed by atoms with Crippen LogP contribution in [0.1, 0.15) is 30.5 Å². The summed E-state index contributed by atoms with van der Waals surface area (Å²) in [5.74, 6) is 1.53. The summed E-state index contributed by atoms with van der Waals surface area (Å²) in [6.45, 7) is 3.73. The van der Waals surface area contributed by atoms with Crippen LogP contribution >= 0.6 is 0 Å². The fourth-order valence-electron chi connectivity index (χ4n) is 3.12. The lowest BCUT2D eigenvalue weighted by molar-refractivity contribution is 0.172. The average Bonchev–Trinajstić information content (AvgIpc) is 3.17. The number of hydrogen-bond acceptors (Lipinski definition) is 6. The van der Waals surface area contributed by atoms with Crippen molar-refractivity contribution in [3.05, 3.63) is 47.8 Å². The molecule has 2 atom stereocenters. The maximum atomic E-state index is 12.8. The quantitative estimate of drug-likeness (QED) is 0.595. The van der Waals surface area contributed by atoms with Crippen LogP contribution in [-0.2, 0) is 21.3 Å². The summed E-state index contributed by atoms with van der Waals surface area (Å²) in [5.41, 5.74) is 2.68. The zero-order chi connectivity index (χ0) is 19.8. The molecule has 0 spiro atoms. The Bertz CT molecular complexity index is 830. The summed E-state index contributed by atoms with van der Waals surface area (Å²) in [6.07, 6.45) is 12.9. The van der Waals surface area contributed by atoms with Gasteiger partial charge in [0.25, 0.3) is 0 Å². The van der Waals surface area contributed by atoms with Crippen LogP contribution in [0.5, 0.6) is 5.75 Å². The highest BCUT2D eigenvalue weighted by Gasteiger charge is 2.20. The maximum Gasteiger partial charge on any atom is 0.214 e. The summed E-state index contributed by atoms with van der Waals surface area (Å²) < 4.78 is 23.6. The summed E-state index contributed by atoms with van der Waals surface area (Å²) in [7, 11) is 0.366. The average molecular weight is 402 g/mol. The molecule has 0 N–H and O–H groups in total. The second-order valence-corrected chi connectivity index (χ2v) is 8.20. The van der Waals surface area contributed by atoms with E-state index in [9.17, 15) is 4.21 Å². The molecule has 2 heterocycles. The largest absolute Gasteiger partial charge is 0.493 e. The van der Waals surface area contributed by atoms with E-state index in [-0.39, 0.29) is 0 Å². The highest BCUT2D eigenvalue weighted by Crippen LogP contribution is 2.22. The molecule has 28 heavy (non-hydrogen) atoms. The van der Waals surface area contributed by atoms with E-state index in [1.54, 1.807) is 13.3 Å². The monoisotopic (exact) mass is 401 g/mol. The summed E-state index contributed by atoms with van der Waals surface area (Å²) in [6, 6.07) is 1.84. The molecule has 0 amide bonds. The minimum atomic E-state index is -1.31. The van der Waals surface area contributed by atoms with Crippen molar-refractivity contribution in [3.63, 3.8) is 0 Å². The predicted molar refractivity (Wildman–Crippen MR) is 114 cm³/mol. The van der Waals surface area contributed by atoms with Gasteiger partial charge in [0.1, 0.15) is 5.75 Å². The van der Waals surface area contributed by atoms with Gasteiger partial charge in [-0.15, -0.1) is 0 Å². The molecule has 150 valence electrons. The first kappa shape index (κ1) is 20.6. The van der Waals surface area contributed by atoms with Crippen LogP contribution in [-0.4, -0.2) is 46.9 Å². The van der Waals surface area contributed by atoms with Gasteiger partial charge in [0.15, 0.2) is 0 Å². The Labute approximate surface area is 168 Å². The van der Waals surface area contributed by atoms with Gasteiger partial charge in [0.05, 0.1) is 35.4 Å². The Morgan fingerprint density at radius 3 is 2.96 bits per heavy atom. The standard InChI is InChI=1S/C21H27N3O3S/c1-16-19(22-10-9-20(16)27-12-6-11-26-2)15-28(25)21-23-14-18(24-21)13-17-7-4-3-5-8-17/h3-5,7,9-10,17H,6,8,11-15H2,1-2H3. The van der Waals surface area contributed by atoms with Crippen LogP contribution in [0.3, 0.4) is 0 Å². The molecular formula is C21H27N3O3S. The maximum absolute atomic E-state index is 12.8. The lowest BCUT2D eigenvalue weighted by Gasteiger charge is -2.12. The molecule has 0 aromatic carbocycles. The zero-order valence-electron chi connectivity index (χ0n) is 16.5. The van der Waals surface area contributed by atoms with Crippen molar-refractivity contribution in [3.8, 4) is 5.75 Å². The number of pyridine rings is 1. The summed E-state index contributed by atoms with van der Waals surface area (Å²) in [4.78, 5) is 13.3. The second-order valence-electron chi connectivity index (χ2n) is 6.86. The topological polar surface area (TPSA) is 73.1 Å². The molecule has 0 bridgehead atoms. The smallest absolute Gasteiger partial charge is 0.214 e. The molecule has 6 nitrogen and oxygen atoms in total. The van der Waals surface area contributed by atoms with Gasteiger partial charge in [-0.05, 0) is 31.7 Å². The van der Waals surface area contributed by atoms with E-state index in [1.165, 1.54) is 0 Å². The Balaban J connectivity index is 1.57. The molecule has 1 aliphatic carbocycles. The van der Waals surface area contributed by atoms with Gasteiger partial charge in [0, 0.05) is 37.6 Å². The first-order chi connectivity index (χ1) is 13.7. The van der Waals surface area contributed by atoms with Crippen LogP contribution in [0.15, 0.2) is 46.6 Å². The number of hydrogen-bond donors (Lipinski definition) is 0. The fraction of sp³-hybridized carbons (Fsp3) is 0.476. The van der Waals surface area contributed by atoms with Crippen molar-refractivity contribution in [2.75, 3.05) is 26.9 Å². The molecule has 0 radical (unpaired) electrons. The lowest BCUT2D eigenvalue weighted by atomic mass is 9.95. The number of ether oxygens (including phenoxy) is 2. The first-order valence-electron chi connectivity index (χ1n) is 9.56.